The minimum atomic E-state index is -0.241. The van der Waals surface area contributed by atoms with Crippen LogP contribution in [0.1, 0.15) is 60.9 Å². The van der Waals surface area contributed by atoms with Crippen LogP contribution in [0, 0.1) is 19.8 Å². The van der Waals surface area contributed by atoms with Crippen LogP contribution in [0.15, 0.2) is 18.2 Å². The fraction of sp³-hybridized carbons (Fsp3) is 0.538. The molecule has 0 saturated carbocycles. The molecule has 1 saturated heterocycles. The first-order valence-electron chi connectivity index (χ1n) is 12.2. The molecule has 1 atom stereocenters. The van der Waals surface area contributed by atoms with Crippen LogP contribution >= 0.6 is 0 Å². The molecule has 1 aromatic carbocycles. The number of aryl methyl sites for hydroxylation is 2. The quantitative estimate of drug-likeness (QED) is 0.546. The van der Waals surface area contributed by atoms with Gasteiger partial charge in [0.25, 0.3) is 5.91 Å². The minimum Gasteiger partial charge on any atom is -0.490 e. The van der Waals surface area contributed by atoms with Gasteiger partial charge in [-0.3, -0.25) is 9.59 Å². The Hall–Kier alpha value is -3.16. The van der Waals surface area contributed by atoms with Gasteiger partial charge in [-0.05, 0) is 76.8 Å². The monoisotopic (exact) mass is 471 g/mol. The second kappa shape index (κ2) is 11.8. The van der Waals surface area contributed by atoms with Crippen molar-refractivity contribution in [3.63, 3.8) is 0 Å². The first kappa shape index (κ1) is 25.5. The number of hydrogen-bond donors (Lipinski definition) is 2. The number of aromatic amines is 1. The second-order valence-corrected chi connectivity index (χ2v) is 8.54. The van der Waals surface area contributed by atoms with Crippen molar-refractivity contribution in [2.24, 2.45) is 5.92 Å². The van der Waals surface area contributed by atoms with Crippen LogP contribution in [-0.2, 0) is 11.3 Å². The number of nitrogens with zero attached hydrogens (tertiary/aromatic N) is 1. The fourth-order valence-electron chi connectivity index (χ4n) is 4.36. The number of carbonyl (C=O) groups is 2. The molecule has 1 aliphatic heterocycles. The topological polar surface area (TPSA) is 92.9 Å². The summed E-state index contributed by atoms with van der Waals surface area (Å²) < 4.78 is 17.3. The number of nitrogens with one attached hydrogen (secondary N) is 2. The molecule has 8 heteroatoms. The summed E-state index contributed by atoms with van der Waals surface area (Å²) in [5.41, 5.74) is 3.37. The van der Waals surface area contributed by atoms with Crippen molar-refractivity contribution in [2.75, 3.05) is 32.9 Å². The first-order chi connectivity index (χ1) is 16.4. The standard InChI is InChI=1S/C26H37N3O5/c1-6-32-21-13-19(14-22(33-7-2)24(21)34-8-3)15-27-25(30)20-10-9-11-29(16-20)26(31)23-17(4)12-18(5)28-23/h12-14,20,28H,6-11,15-16H2,1-5H3,(H,27,30)/t20-/m0/s1. The summed E-state index contributed by atoms with van der Waals surface area (Å²) in [4.78, 5) is 30.9. The van der Waals surface area contributed by atoms with Gasteiger partial charge in [0, 0.05) is 25.3 Å². The van der Waals surface area contributed by atoms with Crippen LogP contribution in [0.25, 0.3) is 0 Å². The van der Waals surface area contributed by atoms with E-state index in [1.165, 1.54) is 0 Å². The van der Waals surface area contributed by atoms with Gasteiger partial charge >= 0.3 is 0 Å². The summed E-state index contributed by atoms with van der Waals surface area (Å²) in [6.45, 7) is 12.5. The maximum absolute atomic E-state index is 13.0. The normalized spacial score (nSPS) is 15.7. The summed E-state index contributed by atoms with van der Waals surface area (Å²) in [7, 11) is 0. The van der Waals surface area contributed by atoms with E-state index < -0.39 is 0 Å². The lowest BCUT2D eigenvalue weighted by atomic mass is 9.96. The number of piperidine rings is 1. The lowest BCUT2D eigenvalue weighted by molar-refractivity contribution is -0.126. The van der Waals surface area contributed by atoms with Gasteiger partial charge in [0.15, 0.2) is 11.5 Å². The molecule has 2 heterocycles. The van der Waals surface area contributed by atoms with E-state index in [-0.39, 0.29) is 17.7 Å². The Kier molecular flexibility index (Phi) is 8.85. The van der Waals surface area contributed by atoms with E-state index in [4.69, 9.17) is 14.2 Å². The number of hydrogen-bond acceptors (Lipinski definition) is 5. The predicted octanol–water partition coefficient (Wildman–Crippen LogP) is 4.00. The zero-order valence-corrected chi connectivity index (χ0v) is 21.0. The zero-order chi connectivity index (χ0) is 24.7. The molecule has 8 nitrogen and oxygen atoms in total. The van der Waals surface area contributed by atoms with Crippen LogP contribution in [0.4, 0.5) is 0 Å². The molecule has 0 bridgehead atoms. The molecule has 2 aromatic rings. The lowest BCUT2D eigenvalue weighted by Gasteiger charge is -2.32. The summed E-state index contributed by atoms with van der Waals surface area (Å²) in [6.07, 6.45) is 1.56. The highest BCUT2D eigenvalue weighted by molar-refractivity contribution is 5.94. The van der Waals surface area contributed by atoms with E-state index in [1.807, 2.05) is 52.8 Å². The molecule has 186 valence electrons. The molecule has 1 aromatic heterocycles. The van der Waals surface area contributed by atoms with Gasteiger partial charge in [0.1, 0.15) is 5.69 Å². The number of rotatable bonds is 10. The number of carbonyl (C=O) groups excluding carboxylic acids is 2. The van der Waals surface area contributed by atoms with Crippen molar-refractivity contribution in [1.82, 2.24) is 15.2 Å². The fourth-order valence-corrected chi connectivity index (χ4v) is 4.36. The molecule has 34 heavy (non-hydrogen) atoms. The Labute approximate surface area is 202 Å². The molecular formula is C26H37N3O5. The minimum absolute atomic E-state index is 0.0441. The van der Waals surface area contributed by atoms with Crippen LogP contribution in [0.3, 0.4) is 0 Å². The molecule has 0 unspecified atom stereocenters. The van der Waals surface area contributed by atoms with Gasteiger partial charge in [0.2, 0.25) is 11.7 Å². The van der Waals surface area contributed by atoms with Crippen molar-refractivity contribution < 1.29 is 23.8 Å². The molecule has 0 aliphatic carbocycles. The van der Waals surface area contributed by atoms with Crippen molar-refractivity contribution in [3.05, 3.63) is 40.7 Å². The van der Waals surface area contributed by atoms with Gasteiger partial charge in [-0.25, -0.2) is 0 Å². The van der Waals surface area contributed by atoms with Crippen LogP contribution in [-0.4, -0.2) is 54.6 Å². The van der Waals surface area contributed by atoms with E-state index in [2.05, 4.69) is 10.3 Å². The average molecular weight is 472 g/mol. The van der Waals surface area contributed by atoms with Crippen LogP contribution in [0.2, 0.25) is 0 Å². The van der Waals surface area contributed by atoms with Gasteiger partial charge in [-0.1, -0.05) is 0 Å². The molecule has 2 amide bonds. The van der Waals surface area contributed by atoms with E-state index in [0.29, 0.717) is 62.4 Å². The first-order valence-corrected chi connectivity index (χ1v) is 12.2. The Balaban J connectivity index is 1.67. The Morgan fingerprint density at radius 2 is 1.68 bits per heavy atom. The summed E-state index contributed by atoms with van der Waals surface area (Å²) in [5, 5.41) is 3.04. The number of ether oxygens (including phenoxy) is 3. The zero-order valence-electron chi connectivity index (χ0n) is 21.0. The second-order valence-electron chi connectivity index (χ2n) is 8.54. The molecule has 0 radical (unpaired) electrons. The molecule has 3 rings (SSSR count). The highest BCUT2D eigenvalue weighted by atomic mass is 16.5. The Morgan fingerprint density at radius 1 is 1.03 bits per heavy atom. The molecular weight excluding hydrogens is 434 g/mol. The van der Waals surface area contributed by atoms with Gasteiger partial charge in [0.05, 0.1) is 25.7 Å². The summed E-state index contributed by atoms with van der Waals surface area (Å²) in [6, 6.07) is 5.72. The third kappa shape index (κ3) is 6.04. The number of benzene rings is 1. The summed E-state index contributed by atoms with van der Waals surface area (Å²) in [5.74, 6) is 1.45. The third-order valence-electron chi connectivity index (χ3n) is 5.88. The highest BCUT2D eigenvalue weighted by Crippen LogP contribution is 2.39. The van der Waals surface area contributed by atoms with Crippen molar-refractivity contribution in [3.8, 4) is 17.2 Å². The SMILES string of the molecule is CCOc1cc(CNC(=O)[C@H]2CCCN(C(=O)c3[nH]c(C)cc3C)C2)cc(OCC)c1OCC. The molecule has 1 fully saturated rings. The van der Waals surface area contributed by atoms with E-state index in [9.17, 15) is 9.59 Å². The van der Waals surface area contributed by atoms with E-state index in [1.54, 1.807) is 4.90 Å². The smallest absolute Gasteiger partial charge is 0.270 e. The summed E-state index contributed by atoms with van der Waals surface area (Å²) >= 11 is 0. The molecule has 2 N–H and O–H groups in total. The largest absolute Gasteiger partial charge is 0.490 e. The number of aromatic nitrogens is 1. The molecule has 0 spiro atoms. The van der Waals surface area contributed by atoms with Gasteiger partial charge in [-0.15, -0.1) is 0 Å². The maximum Gasteiger partial charge on any atom is 0.270 e. The van der Waals surface area contributed by atoms with E-state index >= 15 is 0 Å². The number of amides is 2. The Bertz CT molecular complexity index is 973. The van der Waals surface area contributed by atoms with Crippen LogP contribution < -0.4 is 19.5 Å². The predicted molar refractivity (Wildman–Crippen MR) is 131 cm³/mol. The number of likely N-dealkylation sites (tertiary alicyclic amines) is 1. The average Bonchev–Trinajstić information content (AvgIpc) is 3.17. The molecule has 1 aliphatic rings. The number of H-pyrrole nitrogens is 1. The van der Waals surface area contributed by atoms with Gasteiger partial charge in [-0.2, -0.15) is 0 Å². The highest BCUT2D eigenvalue weighted by Gasteiger charge is 2.30. The van der Waals surface area contributed by atoms with Crippen molar-refractivity contribution >= 4 is 11.8 Å². The Morgan fingerprint density at radius 3 is 2.24 bits per heavy atom. The van der Waals surface area contributed by atoms with Crippen molar-refractivity contribution in [1.29, 1.82) is 0 Å². The van der Waals surface area contributed by atoms with Crippen LogP contribution in [0.5, 0.6) is 17.2 Å². The van der Waals surface area contributed by atoms with Crippen molar-refractivity contribution in [2.45, 2.75) is 54.0 Å². The maximum atomic E-state index is 13.0. The third-order valence-corrected chi connectivity index (χ3v) is 5.88. The van der Waals surface area contributed by atoms with E-state index in [0.717, 1.165) is 29.7 Å². The lowest BCUT2D eigenvalue weighted by Crippen LogP contribution is -2.45. The van der Waals surface area contributed by atoms with Gasteiger partial charge < -0.3 is 29.4 Å².